The van der Waals surface area contributed by atoms with Crippen molar-refractivity contribution >= 4 is 24.0 Å². The Hall–Kier alpha value is -2.69. The molecular formula is C30H38ClN3O. The summed E-state index contributed by atoms with van der Waals surface area (Å²) in [5, 5.41) is 0. The minimum absolute atomic E-state index is 0. The lowest BCUT2D eigenvalue weighted by atomic mass is 10.0. The third-order valence-electron chi connectivity index (χ3n) is 6.64. The first-order chi connectivity index (χ1) is 16.5. The summed E-state index contributed by atoms with van der Waals surface area (Å²) in [7, 11) is 0. The molecule has 0 aliphatic heterocycles. The van der Waals surface area contributed by atoms with Gasteiger partial charge in [-0.15, -0.1) is 12.4 Å². The van der Waals surface area contributed by atoms with Crippen LogP contribution < -0.4 is 10.6 Å². The summed E-state index contributed by atoms with van der Waals surface area (Å²) in [6.07, 6.45) is 5.81. The van der Waals surface area contributed by atoms with Gasteiger partial charge in [-0.3, -0.25) is 9.78 Å². The fraction of sp³-hybridized carbons (Fsp3) is 0.400. The molecule has 1 aromatic heterocycles. The van der Waals surface area contributed by atoms with Gasteiger partial charge in [0.15, 0.2) is 0 Å². The van der Waals surface area contributed by atoms with E-state index in [-0.39, 0.29) is 36.2 Å². The first kappa shape index (κ1) is 26.9. The second kappa shape index (κ2) is 12.3. The quantitative estimate of drug-likeness (QED) is 0.346. The highest BCUT2D eigenvalue weighted by Crippen LogP contribution is 2.48. The summed E-state index contributed by atoms with van der Waals surface area (Å²) in [5.41, 5.74) is 12.1. The molecular weight excluding hydrogens is 454 g/mol. The number of aryl methyl sites for hydroxylation is 1. The Morgan fingerprint density at radius 2 is 1.69 bits per heavy atom. The number of nitrogens with zero attached hydrogens (tertiary/aromatic N) is 2. The van der Waals surface area contributed by atoms with E-state index in [9.17, 15) is 4.79 Å². The van der Waals surface area contributed by atoms with Gasteiger partial charge in [0.2, 0.25) is 5.91 Å². The van der Waals surface area contributed by atoms with E-state index in [0.29, 0.717) is 12.5 Å². The van der Waals surface area contributed by atoms with Crippen molar-refractivity contribution in [3.63, 3.8) is 0 Å². The molecule has 0 spiro atoms. The molecule has 1 aliphatic carbocycles. The minimum Gasteiger partial charge on any atom is -0.326 e. The second-order valence-corrected chi connectivity index (χ2v) is 10.0. The van der Waals surface area contributed by atoms with Crippen LogP contribution in [0.15, 0.2) is 72.9 Å². The normalized spacial score (nSPS) is 17.5. The molecule has 1 heterocycles. The van der Waals surface area contributed by atoms with Crippen molar-refractivity contribution in [2.24, 2.45) is 17.6 Å². The average Bonchev–Trinajstić information content (AvgIpc) is 3.64. The maximum atomic E-state index is 13.6. The summed E-state index contributed by atoms with van der Waals surface area (Å²) < 4.78 is 0. The molecule has 4 nitrogen and oxygen atoms in total. The molecule has 3 aromatic rings. The van der Waals surface area contributed by atoms with Gasteiger partial charge in [0, 0.05) is 42.0 Å². The molecule has 0 bridgehead atoms. The van der Waals surface area contributed by atoms with Crippen LogP contribution in [0.5, 0.6) is 0 Å². The predicted molar refractivity (Wildman–Crippen MR) is 148 cm³/mol. The number of pyridine rings is 1. The number of carbonyl (C=O) groups excluding carboxylic acids is 1. The molecule has 186 valence electrons. The fourth-order valence-corrected chi connectivity index (χ4v) is 4.81. The number of aromatic nitrogens is 1. The topological polar surface area (TPSA) is 59.2 Å². The Balaban J connectivity index is 0.00000342. The third kappa shape index (κ3) is 6.93. The molecule has 2 aromatic carbocycles. The smallest absolute Gasteiger partial charge is 0.230 e. The molecule has 0 radical (unpaired) electrons. The molecule has 1 fully saturated rings. The van der Waals surface area contributed by atoms with Gasteiger partial charge < -0.3 is 10.6 Å². The van der Waals surface area contributed by atoms with Crippen LogP contribution in [0.2, 0.25) is 0 Å². The number of anilines is 1. The van der Waals surface area contributed by atoms with Crippen LogP contribution in [0.25, 0.3) is 11.1 Å². The SMILES string of the molecule is CCCc1ccc(-c2ccc(N(C[C@@H](N)CC(C)C)C(=O)[C@@H]3C[C@H]3c3ccccn3)cc2)cc1.Cl. The molecule has 1 amide bonds. The number of hydrogen-bond acceptors (Lipinski definition) is 3. The van der Waals surface area contributed by atoms with Crippen LogP contribution in [0.3, 0.4) is 0 Å². The number of hydrogen-bond donors (Lipinski definition) is 1. The maximum absolute atomic E-state index is 13.6. The first-order valence-corrected chi connectivity index (χ1v) is 12.6. The van der Waals surface area contributed by atoms with E-state index < -0.39 is 0 Å². The Morgan fingerprint density at radius 1 is 1.03 bits per heavy atom. The Kier molecular flexibility index (Phi) is 9.47. The number of halogens is 1. The zero-order valence-electron chi connectivity index (χ0n) is 21.1. The number of amides is 1. The lowest BCUT2D eigenvalue weighted by Gasteiger charge is -2.27. The van der Waals surface area contributed by atoms with Crippen molar-refractivity contribution in [3.05, 3.63) is 84.2 Å². The first-order valence-electron chi connectivity index (χ1n) is 12.6. The van der Waals surface area contributed by atoms with Crippen LogP contribution in [-0.2, 0) is 11.2 Å². The van der Waals surface area contributed by atoms with E-state index in [1.807, 2.05) is 23.1 Å². The molecule has 2 N–H and O–H groups in total. The molecule has 1 saturated carbocycles. The van der Waals surface area contributed by atoms with Gasteiger partial charge in [-0.1, -0.05) is 69.7 Å². The third-order valence-corrected chi connectivity index (χ3v) is 6.64. The minimum atomic E-state index is -0.0539. The van der Waals surface area contributed by atoms with Crippen molar-refractivity contribution < 1.29 is 4.79 Å². The molecule has 0 unspecified atom stereocenters. The molecule has 35 heavy (non-hydrogen) atoms. The summed E-state index contributed by atoms with van der Waals surface area (Å²) >= 11 is 0. The van der Waals surface area contributed by atoms with Gasteiger partial charge in [0.25, 0.3) is 0 Å². The van der Waals surface area contributed by atoms with Gasteiger partial charge in [-0.2, -0.15) is 0 Å². The number of nitrogens with two attached hydrogens (primary N) is 1. The molecule has 1 aliphatic rings. The van der Waals surface area contributed by atoms with E-state index >= 15 is 0 Å². The lowest BCUT2D eigenvalue weighted by Crippen LogP contribution is -2.42. The highest BCUT2D eigenvalue weighted by molar-refractivity contribution is 5.97. The summed E-state index contributed by atoms with van der Waals surface area (Å²) in [4.78, 5) is 20.0. The van der Waals surface area contributed by atoms with Gasteiger partial charge in [-0.25, -0.2) is 0 Å². The molecule has 0 saturated heterocycles. The van der Waals surface area contributed by atoms with Crippen molar-refractivity contribution in [2.75, 3.05) is 11.4 Å². The van der Waals surface area contributed by atoms with Crippen LogP contribution in [0, 0.1) is 11.8 Å². The van der Waals surface area contributed by atoms with E-state index in [1.165, 1.54) is 11.1 Å². The van der Waals surface area contributed by atoms with Gasteiger partial charge in [-0.05, 0) is 66.1 Å². The summed E-state index contributed by atoms with van der Waals surface area (Å²) in [5.74, 6) is 0.837. The standard InChI is InChI=1S/C30H37N3O.ClH/c1-4-7-22-9-11-23(12-10-22)24-13-15-26(16-14-24)33(20-25(31)18-21(2)3)30(34)28-19-27(28)29-8-5-6-17-32-29;/h5-6,8-17,21,25,27-28H,4,7,18-20,31H2,1-3H3;1H/t25-,27+,28+;/m0./s1. The molecule has 5 heteroatoms. The zero-order valence-corrected chi connectivity index (χ0v) is 21.9. The van der Waals surface area contributed by atoms with Crippen molar-refractivity contribution in [1.82, 2.24) is 4.98 Å². The Bertz CT molecular complexity index is 1070. The van der Waals surface area contributed by atoms with Crippen LogP contribution in [0.4, 0.5) is 5.69 Å². The fourth-order valence-electron chi connectivity index (χ4n) is 4.81. The van der Waals surface area contributed by atoms with Crippen LogP contribution in [-0.4, -0.2) is 23.5 Å². The zero-order chi connectivity index (χ0) is 24.1. The summed E-state index contributed by atoms with van der Waals surface area (Å²) in [6.45, 7) is 7.08. The van der Waals surface area contributed by atoms with E-state index in [2.05, 4.69) is 74.3 Å². The number of rotatable bonds is 10. The maximum Gasteiger partial charge on any atom is 0.230 e. The van der Waals surface area contributed by atoms with Gasteiger partial charge >= 0.3 is 0 Å². The second-order valence-electron chi connectivity index (χ2n) is 10.0. The highest BCUT2D eigenvalue weighted by Gasteiger charge is 2.47. The predicted octanol–water partition coefficient (Wildman–Crippen LogP) is 6.63. The van der Waals surface area contributed by atoms with Crippen molar-refractivity contribution in [3.8, 4) is 11.1 Å². The van der Waals surface area contributed by atoms with Crippen molar-refractivity contribution in [2.45, 2.75) is 58.4 Å². The monoisotopic (exact) mass is 491 g/mol. The molecule has 3 atom stereocenters. The largest absolute Gasteiger partial charge is 0.326 e. The van der Waals surface area contributed by atoms with Crippen molar-refractivity contribution in [1.29, 1.82) is 0 Å². The summed E-state index contributed by atoms with van der Waals surface area (Å²) in [6, 6.07) is 23.0. The average molecular weight is 492 g/mol. The van der Waals surface area contributed by atoms with Gasteiger partial charge in [0.05, 0.1) is 0 Å². The number of benzene rings is 2. The van der Waals surface area contributed by atoms with E-state index in [0.717, 1.165) is 42.6 Å². The highest BCUT2D eigenvalue weighted by atomic mass is 35.5. The Labute approximate surface area is 216 Å². The lowest BCUT2D eigenvalue weighted by molar-refractivity contribution is -0.120. The van der Waals surface area contributed by atoms with Crippen LogP contribution in [0.1, 0.15) is 57.2 Å². The number of carbonyl (C=O) groups is 1. The Morgan fingerprint density at radius 3 is 2.26 bits per heavy atom. The van der Waals surface area contributed by atoms with E-state index in [4.69, 9.17) is 5.73 Å². The molecule has 4 rings (SSSR count). The van der Waals surface area contributed by atoms with Crippen LogP contribution >= 0.6 is 12.4 Å². The van der Waals surface area contributed by atoms with Gasteiger partial charge in [0.1, 0.15) is 0 Å². The van der Waals surface area contributed by atoms with E-state index in [1.54, 1.807) is 6.20 Å².